The lowest BCUT2D eigenvalue weighted by Crippen LogP contribution is -2.12. The molecule has 1 aromatic heterocycles. The number of hydrogen-bond acceptors (Lipinski definition) is 4. The van der Waals surface area contributed by atoms with Crippen LogP contribution in [0.3, 0.4) is 0 Å². The summed E-state index contributed by atoms with van der Waals surface area (Å²) >= 11 is 1.41. The lowest BCUT2D eigenvalue weighted by molar-refractivity contribution is -0.114. The number of amides is 2. The molecule has 0 aliphatic rings. The van der Waals surface area contributed by atoms with Gasteiger partial charge in [-0.1, -0.05) is 6.92 Å². The highest BCUT2D eigenvalue weighted by atomic mass is 32.1. The molecule has 0 saturated heterocycles. The van der Waals surface area contributed by atoms with Crippen LogP contribution >= 0.6 is 11.3 Å². The Kier molecular flexibility index (Phi) is 4.47. The predicted molar refractivity (Wildman–Crippen MR) is 80.2 cm³/mol. The molecule has 2 amide bonds. The highest BCUT2D eigenvalue weighted by Crippen LogP contribution is 2.17. The van der Waals surface area contributed by atoms with Crippen LogP contribution < -0.4 is 10.6 Å². The van der Waals surface area contributed by atoms with E-state index in [2.05, 4.69) is 15.6 Å². The summed E-state index contributed by atoms with van der Waals surface area (Å²) in [6, 6.07) is 6.70. The third kappa shape index (κ3) is 3.64. The molecule has 0 saturated carbocycles. The first-order valence-electron chi connectivity index (χ1n) is 6.22. The number of carbonyl (C=O) groups is 2. The summed E-state index contributed by atoms with van der Waals surface area (Å²) < 4.78 is 0. The molecule has 0 atom stereocenters. The molecule has 0 fully saturated rings. The Labute approximate surface area is 121 Å². The Bertz CT molecular complexity index is 620. The second-order valence-electron chi connectivity index (χ2n) is 4.21. The number of aromatic nitrogens is 1. The summed E-state index contributed by atoms with van der Waals surface area (Å²) in [5, 5.41) is 7.93. The van der Waals surface area contributed by atoms with E-state index in [1.807, 2.05) is 12.3 Å². The highest BCUT2D eigenvalue weighted by Gasteiger charge is 2.08. The van der Waals surface area contributed by atoms with Crippen LogP contribution in [0.25, 0.3) is 0 Å². The van der Waals surface area contributed by atoms with Gasteiger partial charge in [0.2, 0.25) is 5.91 Å². The Morgan fingerprint density at radius 1 is 1.20 bits per heavy atom. The smallest absolute Gasteiger partial charge is 0.257 e. The summed E-state index contributed by atoms with van der Waals surface area (Å²) in [4.78, 5) is 27.2. The number of benzene rings is 1. The molecule has 20 heavy (non-hydrogen) atoms. The summed E-state index contributed by atoms with van der Waals surface area (Å²) in [5.41, 5.74) is 2.15. The van der Waals surface area contributed by atoms with Gasteiger partial charge < -0.3 is 5.32 Å². The molecule has 6 heteroatoms. The number of rotatable bonds is 4. The summed E-state index contributed by atoms with van der Waals surface area (Å²) in [6.45, 7) is 3.45. The highest BCUT2D eigenvalue weighted by molar-refractivity contribution is 7.13. The second kappa shape index (κ2) is 6.29. The van der Waals surface area contributed by atoms with Gasteiger partial charge >= 0.3 is 0 Å². The first kappa shape index (κ1) is 14.2. The average molecular weight is 289 g/mol. The maximum atomic E-state index is 12.0. The van der Waals surface area contributed by atoms with Crippen LogP contribution in [-0.2, 0) is 11.2 Å². The molecule has 0 unspecified atom stereocenters. The predicted octanol–water partition coefficient (Wildman–Crippen LogP) is 2.92. The number of nitrogens with zero attached hydrogens (tertiary/aromatic N) is 1. The quantitative estimate of drug-likeness (QED) is 0.909. The van der Waals surface area contributed by atoms with Gasteiger partial charge in [-0.3, -0.25) is 14.9 Å². The molecule has 5 nitrogen and oxygen atoms in total. The van der Waals surface area contributed by atoms with Crippen molar-refractivity contribution in [2.45, 2.75) is 20.3 Å². The molecule has 0 aliphatic carbocycles. The normalized spacial score (nSPS) is 10.1. The molecule has 2 rings (SSSR count). The fourth-order valence-corrected chi connectivity index (χ4v) is 2.39. The summed E-state index contributed by atoms with van der Waals surface area (Å²) in [7, 11) is 0. The standard InChI is InChI=1S/C14H15N3O2S/c1-3-11-8-20-14(16-11)17-13(19)10-4-6-12(7-5-10)15-9(2)18/h4-8H,3H2,1-2H3,(H,15,18)(H,16,17,19). The molecular formula is C14H15N3O2S. The van der Waals surface area contributed by atoms with E-state index in [0.29, 0.717) is 16.4 Å². The van der Waals surface area contributed by atoms with Crippen molar-refractivity contribution in [2.24, 2.45) is 0 Å². The van der Waals surface area contributed by atoms with Crippen LogP contribution in [0.4, 0.5) is 10.8 Å². The van der Waals surface area contributed by atoms with Gasteiger partial charge in [0, 0.05) is 23.6 Å². The Morgan fingerprint density at radius 2 is 1.90 bits per heavy atom. The molecule has 1 aromatic carbocycles. The van der Waals surface area contributed by atoms with Gasteiger partial charge in [0.15, 0.2) is 5.13 Å². The number of aryl methyl sites for hydroxylation is 1. The van der Waals surface area contributed by atoms with Crippen molar-refractivity contribution < 1.29 is 9.59 Å². The average Bonchev–Trinajstić information content (AvgIpc) is 2.86. The van der Waals surface area contributed by atoms with E-state index in [4.69, 9.17) is 0 Å². The van der Waals surface area contributed by atoms with Crippen molar-refractivity contribution in [1.29, 1.82) is 0 Å². The van der Waals surface area contributed by atoms with Crippen molar-refractivity contribution in [3.8, 4) is 0 Å². The number of nitrogens with one attached hydrogen (secondary N) is 2. The minimum absolute atomic E-state index is 0.142. The number of anilines is 2. The molecular weight excluding hydrogens is 274 g/mol. The van der Waals surface area contributed by atoms with Crippen LogP contribution in [0.15, 0.2) is 29.6 Å². The minimum atomic E-state index is -0.212. The van der Waals surface area contributed by atoms with E-state index < -0.39 is 0 Å². The van der Waals surface area contributed by atoms with E-state index >= 15 is 0 Å². The van der Waals surface area contributed by atoms with Crippen molar-refractivity contribution in [3.63, 3.8) is 0 Å². The molecule has 2 aromatic rings. The van der Waals surface area contributed by atoms with Crippen LogP contribution in [0.1, 0.15) is 29.9 Å². The maximum absolute atomic E-state index is 12.0. The zero-order valence-corrected chi connectivity index (χ0v) is 12.1. The molecule has 0 radical (unpaired) electrons. The number of thiazole rings is 1. The Hall–Kier alpha value is -2.21. The molecule has 0 bridgehead atoms. The summed E-state index contributed by atoms with van der Waals surface area (Å²) in [5.74, 6) is -0.353. The fourth-order valence-electron chi connectivity index (χ4n) is 1.60. The summed E-state index contributed by atoms with van der Waals surface area (Å²) in [6.07, 6.45) is 0.845. The zero-order chi connectivity index (χ0) is 14.5. The molecule has 104 valence electrons. The first-order valence-corrected chi connectivity index (χ1v) is 7.10. The van der Waals surface area contributed by atoms with Gasteiger partial charge in [-0.25, -0.2) is 4.98 Å². The van der Waals surface area contributed by atoms with Crippen LogP contribution in [0.2, 0.25) is 0 Å². The van der Waals surface area contributed by atoms with Gasteiger partial charge in [-0.2, -0.15) is 0 Å². The van der Waals surface area contributed by atoms with Gasteiger partial charge in [-0.05, 0) is 30.7 Å². The third-order valence-corrected chi connectivity index (χ3v) is 3.41. The SMILES string of the molecule is CCc1csc(NC(=O)c2ccc(NC(C)=O)cc2)n1. The van der Waals surface area contributed by atoms with Crippen molar-refractivity contribution >= 4 is 34.0 Å². The van der Waals surface area contributed by atoms with Crippen molar-refractivity contribution in [1.82, 2.24) is 4.98 Å². The van der Waals surface area contributed by atoms with E-state index in [1.165, 1.54) is 18.3 Å². The van der Waals surface area contributed by atoms with Gasteiger partial charge in [0.25, 0.3) is 5.91 Å². The van der Waals surface area contributed by atoms with Gasteiger partial charge in [-0.15, -0.1) is 11.3 Å². The number of hydrogen-bond donors (Lipinski definition) is 2. The monoisotopic (exact) mass is 289 g/mol. The zero-order valence-electron chi connectivity index (χ0n) is 11.3. The third-order valence-electron chi connectivity index (χ3n) is 2.60. The lowest BCUT2D eigenvalue weighted by Gasteiger charge is -2.04. The molecule has 2 N–H and O–H groups in total. The van der Waals surface area contributed by atoms with Crippen LogP contribution in [-0.4, -0.2) is 16.8 Å². The molecule has 1 heterocycles. The molecule has 0 aliphatic heterocycles. The Balaban J connectivity index is 2.03. The first-order chi connectivity index (χ1) is 9.58. The van der Waals surface area contributed by atoms with Crippen molar-refractivity contribution in [3.05, 3.63) is 40.9 Å². The molecule has 0 spiro atoms. The second-order valence-corrected chi connectivity index (χ2v) is 5.07. The van der Waals surface area contributed by atoms with E-state index in [1.54, 1.807) is 24.3 Å². The largest absolute Gasteiger partial charge is 0.326 e. The van der Waals surface area contributed by atoms with Gasteiger partial charge in [0.05, 0.1) is 5.69 Å². The fraction of sp³-hybridized carbons (Fsp3) is 0.214. The van der Waals surface area contributed by atoms with E-state index in [0.717, 1.165) is 12.1 Å². The number of carbonyl (C=O) groups excluding carboxylic acids is 2. The van der Waals surface area contributed by atoms with Crippen molar-refractivity contribution in [2.75, 3.05) is 10.6 Å². The van der Waals surface area contributed by atoms with Gasteiger partial charge in [0.1, 0.15) is 0 Å². The Morgan fingerprint density at radius 3 is 2.45 bits per heavy atom. The topological polar surface area (TPSA) is 71.1 Å². The minimum Gasteiger partial charge on any atom is -0.326 e. The van der Waals surface area contributed by atoms with Crippen LogP contribution in [0.5, 0.6) is 0 Å². The lowest BCUT2D eigenvalue weighted by atomic mass is 10.2. The van der Waals surface area contributed by atoms with E-state index in [-0.39, 0.29) is 11.8 Å². The van der Waals surface area contributed by atoms with Crippen LogP contribution in [0, 0.1) is 0 Å². The van der Waals surface area contributed by atoms with E-state index in [9.17, 15) is 9.59 Å². The maximum Gasteiger partial charge on any atom is 0.257 e.